The lowest BCUT2D eigenvalue weighted by molar-refractivity contribution is -0.117. The van der Waals surface area contributed by atoms with Crippen molar-refractivity contribution in [3.05, 3.63) is 41.9 Å². The molecule has 0 bridgehead atoms. The van der Waals surface area contributed by atoms with E-state index in [2.05, 4.69) is 0 Å². The lowest BCUT2D eigenvalue weighted by atomic mass is 10.0. The number of hydrogen-bond donors (Lipinski definition) is 0. The molecule has 0 saturated heterocycles. The highest BCUT2D eigenvalue weighted by atomic mass is 16.5. The van der Waals surface area contributed by atoms with E-state index in [1.807, 2.05) is 37.3 Å². The molecular weight excluding hydrogens is 280 g/mol. The molecule has 0 aliphatic heterocycles. The summed E-state index contributed by atoms with van der Waals surface area (Å²) in [6, 6.07) is 9.52. The third kappa shape index (κ3) is 2.64. The van der Waals surface area contributed by atoms with Gasteiger partial charge in [0, 0.05) is 18.2 Å². The van der Waals surface area contributed by atoms with Gasteiger partial charge in [0.05, 0.1) is 12.7 Å². The fraction of sp³-hybridized carbons (Fsp3) is 0.278. The molecule has 22 heavy (non-hydrogen) atoms. The summed E-state index contributed by atoms with van der Waals surface area (Å²) in [5.74, 6) is 3.26. The van der Waals surface area contributed by atoms with Gasteiger partial charge in [0.15, 0.2) is 0 Å². The van der Waals surface area contributed by atoms with E-state index in [-0.39, 0.29) is 5.78 Å². The summed E-state index contributed by atoms with van der Waals surface area (Å²) in [5.41, 5.74) is 1.67. The molecule has 114 valence electrons. The predicted molar refractivity (Wildman–Crippen MR) is 84.2 cm³/mol. The Hall–Kier alpha value is -2.49. The van der Waals surface area contributed by atoms with Crippen LogP contribution in [0.2, 0.25) is 0 Å². The topological polar surface area (TPSA) is 52.6 Å². The summed E-state index contributed by atoms with van der Waals surface area (Å²) in [5, 5.41) is 0.937. The van der Waals surface area contributed by atoms with E-state index in [0.29, 0.717) is 12.8 Å². The smallest absolute Gasteiger partial charge is 0.138 e. The number of hydrogen-bond acceptors (Lipinski definition) is 4. The van der Waals surface area contributed by atoms with E-state index < -0.39 is 0 Å². The number of methoxy groups -OCH3 is 1. The van der Waals surface area contributed by atoms with E-state index in [0.717, 1.165) is 39.6 Å². The van der Waals surface area contributed by atoms with Crippen LogP contribution in [0.25, 0.3) is 22.3 Å². The number of ketones is 1. The van der Waals surface area contributed by atoms with Crippen LogP contribution in [0.5, 0.6) is 5.75 Å². The van der Waals surface area contributed by atoms with Gasteiger partial charge in [0.1, 0.15) is 34.4 Å². The molecule has 0 amide bonds. The molecule has 1 aromatic carbocycles. The molecule has 0 fully saturated rings. The average Bonchev–Trinajstić information content (AvgIpc) is 3.07. The van der Waals surface area contributed by atoms with Crippen LogP contribution in [0, 0.1) is 6.92 Å². The second kappa shape index (κ2) is 5.72. The third-order valence-electron chi connectivity index (χ3n) is 3.66. The lowest BCUT2D eigenvalue weighted by Gasteiger charge is -2.01. The number of fused-ring (bicyclic) bond motifs is 1. The zero-order valence-electron chi connectivity index (χ0n) is 12.9. The van der Waals surface area contributed by atoms with Gasteiger partial charge in [-0.25, -0.2) is 0 Å². The molecule has 3 aromatic rings. The highest BCUT2D eigenvalue weighted by molar-refractivity contribution is 5.95. The molecule has 4 heteroatoms. The monoisotopic (exact) mass is 298 g/mol. The Kier molecular flexibility index (Phi) is 3.75. The van der Waals surface area contributed by atoms with Gasteiger partial charge in [-0.15, -0.1) is 0 Å². The number of ether oxygens (including phenoxy) is 1. The minimum Gasteiger partial charge on any atom is -0.497 e. The Morgan fingerprint density at radius 3 is 2.64 bits per heavy atom. The van der Waals surface area contributed by atoms with Crippen molar-refractivity contribution < 1.29 is 18.4 Å². The van der Waals surface area contributed by atoms with Crippen LogP contribution in [0.1, 0.15) is 24.9 Å². The predicted octanol–water partition coefficient (Wildman–Crippen LogP) is 4.53. The third-order valence-corrected chi connectivity index (χ3v) is 3.66. The summed E-state index contributed by atoms with van der Waals surface area (Å²) in [6.07, 6.45) is 1.01. The molecular formula is C18H18O4. The number of benzene rings is 1. The molecule has 0 unspecified atom stereocenters. The van der Waals surface area contributed by atoms with E-state index >= 15 is 0 Å². The van der Waals surface area contributed by atoms with Crippen LogP contribution in [0.3, 0.4) is 0 Å². The van der Waals surface area contributed by atoms with Crippen LogP contribution < -0.4 is 4.74 Å². The van der Waals surface area contributed by atoms with Crippen molar-refractivity contribution in [2.75, 3.05) is 7.11 Å². The van der Waals surface area contributed by atoms with Crippen molar-refractivity contribution in [3.8, 4) is 17.1 Å². The molecule has 4 nitrogen and oxygen atoms in total. The van der Waals surface area contributed by atoms with Crippen molar-refractivity contribution in [2.24, 2.45) is 0 Å². The quantitative estimate of drug-likeness (QED) is 0.694. The number of carbonyl (C=O) groups excluding carboxylic acids is 1. The van der Waals surface area contributed by atoms with E-state index in [9.17, 15) is 4.79 Å². The molecule has 0 radical (unpaired) electrons. The fourth-order valence-electron chi connectivity index (χ4n) is 2.56. The molecule has 2 aromatic heterocycles. The molecule has 0 spiro atoms. The van der Waals surface area contributed by atoms with Crippen molar-refractivity contribution in [1.82, 2.24) is 0 Å². The van der Waals surface area contributed by atoms with Gasteiger partial charge in [-0.3, -0.25) is 0 Å². The zero-order chi connectivity index (χ0) is 15.7. The van der Waals surface area contributed by atoms with Crippen LogP contribution in [0.15, 0.2) is 39.2 Å². The first kappa shape index (κ1) is 14.4. The molecule has 2 heterocycles. The van der Waals surface area contributed by atoms with Crippen molar-refractivity contribution in [3.63, 3.8) is 0 Å². The van der Waals surface area contributed by atoms with E-state index in [4.69, 9.17) is 13.6 Å². The summed E-state index contributed by atoms with van der Waals surface area (Å²) in [4.78, 5) is 11.3. The molecule has 0 aliphatic carbocycles. The first-order valence-electron chi connectivity index (χ1n) is 7.24. The molecule has 0 atom stereocenters. The van der Waals surface area contributed by atoms with E-state index in [1.54, 1.807) is 14.0 Å². The van der Waals surface area contributed by atoms with E-state index in [1.165, 1.54) is 0 Å². The second-order valence-corrected chi connectivity index (χ2v) is 5.37. The summed E-state index contributed by atoms with van der Waals surface area (Å²) < 4.78 is 17.0. The maximum absolute atomic E-state index is 11.3. The molecule has 0 aliphatic rings. The maximum atomic E-state index is 11.3. The van der Waals surface area contributed by atoms with Crippen LogP contribution in [-0.2, 0) is 11.2 Å². The second-order valence-electron chi connectivity index (χ2n) is 5.37. The van der Waals surface area contributed by atoms with Gasteiger partial charge >= 0.3 is 0 Å². The standard InChI is InChI=1S/C18H18O4/c1-11(19)4-7-17-18(16-8-5-12(2)21-16)14-10-13(20-3)6-9-15(14)22-17/h5-6,8-10H,4,7H2,1-3H3. The first-order chi connectivity index (χ1) is 10.6. The Labute approximate surface area is 128 Å². The van der Waals surface area contributed by atoms with Crippen molar-refractivity contribution in [2.45, 2.75) is 26.7 Å². The number of rotatable bonds is 5. The van der Waals surface area contributed by atoms with Crippen LogP contribution in [0.4, 0.5) is 0 Å². The minimum atomic E-state index is 0.139. The molecule has 0 saturated carbocycles. The summed E-state index contributed by atoms with van der Waals surface area (Å²) in [6.45, 7) is 3.49. The van der Waals surface area contributed by atoms with Crippen LogP contribution >= 0.6 is 0 Å². The SMILES string of the molecule is COc1ccc2oc(CCC(C)=O)c(-c3ccc(C)o3)c2c1. The van der Waals surface area contributed by atoms with Gasteiger partial charge in [-0.2, -0.15) is 0 Å². The van der Waals surface area contributed by atoms with Gasteiger partial charge in [-0.05, 0) is 44.2 Å². The average molecular weight is 298 g/mol. The normalized spacial score (nSPS) is 11.0. The maximum Gasteiger partial charge on any atom is 0.138 e. The van der Waals surface area contributed by atoms with Crippen molar-refractivity contribution in [1.29, 1.82) is 0 Å². The Balaban J connectivity index is 2.18. The molecule has 0 N–H and O–H groups in total. The molecule has 3 rings (SSSR count). The largest absolute Gasteiger partial charge is 0.497 e. The highest BCUT2D eigenvalue weighted by Gasteiger charge is 2.19. The van der Waals surface area contributed by atoms with Gasteiger partial charge in [0.2, 0.25) is 0 Å². The zero-order valence-corrected chi connectivity index (χ0v) is 12.9. The summed E-state index contributed by atoms with van der Waals surface area (Å²) >= 11 is 0. The highest BCUT2D eigenvalue weighted by Crippen LogP contribution is 2.38. The van der Waals surface area contributed by atoms with Crippen LogP contribution in [-0.4, -0.2) is 12.9 Å². The van der Waals surface area contributed by atoms with Gasteiger partial charge in [0.25, 0.3) is 0 Å². The number of Topliss-reactive ketones (excluding diaryl/α,β-unsaturated/α-hetero) is 1. The summed E-state index contributed by atoms with van der Waals surface area (Å²) in [7, 11) is 1.63. The number of aryl methyl sites for hydroxylation is 2. The Morgan fingerprint density at radius 2 is 2.00 bits per heavy atom. The number of furan rings is 2. The lowest BCUT2D eigenvalue weighted by Crippen LogP contribution is -1.94. The fourth-order valence-corrected chi connectivity index (χ4v) is 2.56. The Morgan fingerprint density at radius 1 is 1.18 bits per heavy atom. The first-order valence-corrected chi connectivity index (χ1v) is 7.24. The van der Waals surface area contributed by atoms with Gasteiger partial charge < -0.3 is 18.4 Å². The van der Waals surface area contributed by atoms with Gasteiger partial charge in [-0.1, -0.05) is 0 Å². The van der Waals surface area contributed by atoms with Crippen molar-refractivity contribution >= 4 is 16.8 Å². The minimum absolute atomic E-state index is 0.139. The number of carbonyl (C=O) groups is 1. The Bertz CT molecular complexity index is 823.